The monoisotopic (exact) mass is 429 g/mol. The lowest BCUT2D eigenvalue weighted by Gasteiger charge is -2.31. The Morgan fingerprint density at radius 1 is 1.13 bits per heavy atom. The number of likely N-dealkylation sites (tertiary alicyclic amines) is 1. The fourth-order valence-corrected chi connectivity index (χ4v) is 3.56. The van der Waals surface area contributed by atoms with Crippen LogP contribution in [0.4, 0.5) is 0 Å². The standard InChI is InChI=1S/C22H24ClN3O4/c1-29-17-7-8-20(30-2)16(13-17)14-24-25-21(27)15-9-11-26(12-10-15)22(28)18-5-3-4-6-19(18)23/h3-8,13-15H,9-12H2,1-2H3,(H,25,27)/b24-14-. The first kappa shape index (κ1) is 21.6. The fourth-order valence-electron chi connectivity index (χ4n) is 3.35. The Hall–Kier alpha value is -3.06. The molecule has 1 heterocycles. The number of hydrogen-bond donors (Lipinski definition) is 1. The van der Waals surface area contributed by atoms with E-state index < -0.39 is 0 Å². The molecule has 158 valence electrons. The molecule has 7 nitrogen and oxygen atoms in total. The Bertz CT molecular complexity index is 940. The first-order chi connectivity index (χ1) is 14.5. The van der Waals surface area contributed by atoms with Gasteiger partial charge in [0, 0.05) is 24.6 Å². The van der Waals surface area contributed by atoms with Gasteiger partial charge in [-0.1, -0.05) is 23.7 Å². The molecule has 2 aromatic carbocycles. The molecule has 0 unspecified atom stereocenters. The second kappa shape index (κ2) is 10.1. The highest BCUT2D eigenvalue weighted by atomic mass is 35.5. The van der Waals surface area contributed by atoms with Gasteiger partial charge in [0.2, 0.25) is 5.91 Å². The minimum absolute atomic E-state index is 0.109. The van der Waals surface area contributed by atoms with Crippen LogP contribution in [-0.2, 0) is 4.79 Å². The highest BCUT2D eigenvalue weighted by Gasteiger charge is 2.28. The molecular formula is C22H24ClN3O4. The van der Waals surface area contributed by atoms with Gasteiger partial charge < -0.3 is 14.4 Å². The first-order valence-electron chi connectivity index (χ1n) is 9.62. The molecule has 1 saturated heterocycles. The summed E-state index contributed by atoms with van der Waals surface area (Å²) in [6.45, 7) is 0.991. The number of carbonyl (C=O) groups excluding carboxylic acids is 2. The number of nitrogens with zero attached hydrogens (tertiary/aromatic N) is 2. The lowest BCUT2D eigenvalue weighted by Crippen LogP contribution is -2.42. The maximum absolute atomic E-state index is 12.6. The molecule has 0 bridgehead atoms. The molecule has 1 aliphatic heterocycles. The van der Waals surface area contributed by atoms with Crippen molar-refractivity contribution in [2.45, 2.75) is 12.8 Å². The van der Waals surface area contributed by atoms with Gasteiger partial charge in [0.15, 0.2) is 0 Å². The van der Waals surface area contributed by atoms with Crippen molar-refractivity contribution >= 4 is 29.6 Å². The normalized spacial score (nSPS) is 14.6. The Morgan fingerprint density at radius 3 is 2.53 bits per heavy atom. The average molecular weight is 430 g/mol. The van der Waals surface area contributed by atoms with Crippen LogP contribution in [0.3, 0.4) is 0 Å². The summed E-state index contributed by atoms with van der Waals surface area (Å²) < 4.78 is 10.5. The number of halogens is 1. The molecule has 2 aromatic rings. The number of methoxy groups -OCH3 is 2. The molecule has 0 atom stereocenters. The molecule has 0 radical (unpaired) electrons. The zero-order chi connectivity index (χ0) is 21.5. The number of nitrogens with one attached hydrogen (secondary N) is 1. The largest absolute Gasteiger partial charge is 0.497 e. The molecule has 2 amide bonds. The van der Waals surface area contributed by atoms with Crippen molar-refractivity contribution in [1.29, 1.82) is 0 Å². The number of piperidine rings is 1. The van der Waals surface area contributed by atoms with Crippen molar-refractivity contribution in [2.24, 2.45) is 11.0 Å². The zero-order valence-electron chi connectivity index (χ0n) is 16.9. The van der Waals surface area contributed by atoms with Crippen molar-refractivity contribution in [3.63, 3.8) is 0 Å². The van der Waals surface area contributed by atoms with Gasteiger partial charge in [-0.05, 0) is 43.2 Å². The quantitative estimate of drug-likeness (QED) is 0.564. The Kier molecular flexibility index (Phi) is 7.30. The maximum atomic E-state index is 12.6. The number of hydrazone groups is 1. The van der Waals surface area contributed by atoms with Gasteiger partial charge in [-0.25, -0.2) is 5.43 Å². The number of rotatable bonds is 6. The van der Waals surface area contributed by atoms with Crippen LogP contribution in [0, 0.1) is 5.92 Å². The van der Waals surface area contributed by atoms with E-state index in [1.165, 1.54) is 6.21 Å². The molecule has 3 rings (SSSR count). The Labute approximate surface area is 180 Å². The van der Waals surface area contributed by atoms with E-state index in [-0.39, 0.29) is 17.7 Å². The SMILES string of the molecule is COc1ccc(OC)c(/C=N\NC(=O)C2CCN(C(=O)c3ccccc3Cl)CC2)c1. The number of benzene rings is 2. The summed E-state index contributed by atoms with van der Waals surface area (Å²) in [5.74, 6) is 0.810. The van der Waals surface area contributed by atoms with Crippen molar-refractivity contribution < 1.29 is 19.1 Å². The molecular weight excluding hydrogens is 406 g/mol. The molecule has 8 heteroatoms. The molecule has 0 spiro atoms. The molecule has 1 aliphatic rings. The number of ether oxygens (including phenoxy) is 2. The molecule has 30 heavy (non-hydrogen) atoms. The Balaban J connectivity index is 1.54. The van der Waals surface area contributed by atoms with Gasteiger partial charge in [0.05, 0.1) is 31.0 Å². The zero-order valence-corrected chi connectivity index (χ0v) is 17.7. The lowest BCUT2D eigenvalue weighted by molar-refractivity contribution is -0.126. The molecule has 0 saturated carbocycles. The molecule has 1 fully saturated rings. The summed E-state index contributed by atoms with van der Waals surface area (Å²) in [4.78, 5) is 26.8. The first-order valence-corrected chi connectivity index (χ1v) is 10.00. The summed E-state index contributed by atoms with van der Waals surface area (Å²) in [7, 11) is 3.14. The average Bonchev–Trinajstić information content (AvgIpc) is 2.79. The number of amides is 2. The van der Waals surface area contributed by atoms with Crippen LogP contribution in [-0.4, -0.2) is 50.2 Å². The van der Waals surface area contributed by atoms with Gasteiger partial charge in [-0.3, -0.25) is 9.59 Å². The van der Waals surface area contributed by atoms with E-state index in [2.05, 4.69) is 10.5 Å². The van der Waals surface area contributed by atoms with E-state index in [1.807, 2.05) is 0 Å². The minimum atomic E-state index is -0.204. The van der Waals surface area contributed by atoms with Crippen molar-refractivity contribution in [3.05, 3.63) is 58.6 Å². The van der Waals surface area contributed by atoms with Crippen LogP contribution >= 0.6 is 11.6 Å². The third-order valence-corrected chi connectivity index (χ3v) is 5.40. The van der Waals surface area contributed by atoms with Gasteiger partial charge in [0.25, 0.3) is 5.91 Å². The van der Waals surface area contributed by atoms with Crippen LogP contribution in [0.15, 0.2) is 47.6 Å². The van der Waals surface area contributed by atoms with Crippen LogP contribution in [0.5, 0.6) is 11.5 Å². The van der Waals surface area contributed by atoms with Crippen LogP contribution in [0.1, 0.15) is 28.8 Å². The van der Waals surface area contributed by atoms with Crippen LogP contribution < -0.4 is 14.9 Å². The summed E-state index contributed by atoms with van der Waals surface area (Å²) >= 11 is 6.12. The van der Waals surface area contributed by atoms with E-state index in [0.29, 0.717) is 53.6 Å². The van der Waals surface area contributed by atoms with E-state index in [4.69, 9.17) is 21.1 Å². The van der Waals surface area contributed by atoms with Crippen molar-refractivity contribution in [3.8, 4) is 11.5 Å². The van der Waals surface area contributed by atoms with Gasteiger partial charge >= 0.3 is 0 Å². The summed E-state index contributed by atoms with van der Waals surface area (Å²) in [5.41, 5.74) is 3.76. The number of carbonyl (C=O) groups is 2. The third kappa shape index (κ3) is 5.10. The van der Waals surface area contributed by atoms with Crippen LogP contribution in [0.25, 0.3) is 0 Å². The highest BCUT2D eigenvalue weighted by molar-refractivity contribution is 6.33. The van der Waals surface area contributed by atoms with E-state index in [9.17, 15) is 9.59 Å². The molecule has 0 aliphatic carbocycles. The van der Waals surface area contributed by atoms with Crippen molar-refractivity contribution in [2.75, 3.05) is 27.3 Å². The molecule has 0 aromatic heterocycles. The summed E-state index contributed by atoms with van der Waals surface area (Å²) in [5, 5.41) is 4.49. The van der Waals surface area contributed by atoms with Gasteiger partial charge in [-0.2, -0.15) is 5.10 Å². The van der Waals surface area contributed by atoms with E-state index in [0.717, 1.165) is 0 Å². The van der Waals surface area contributed by atoms with E-state index in [1.54, 1.807) is 61.6 Å². The number of hydrogen-bond acceptors (Lipinski definition) is 5. The minimum Gasteiger partial charge on any atom is -0.497 e. The Morgan fingerprint density at radius 2 is 1.87 bits per heavy atom. The van der Waals surface area contributed by atoms with Gasteiger partial charge in [0.1, 0.15) is 11.5 Å². The third-order valence-electron chi connectivity index (χ3n) is 5.07. The molecule has 1 N–H and O–H groups in total. The smallest absolute Gasteiger partial charge is 0.255 e. The lowest BCUT2D eigenvalue weighted by atomic mass is 9.95. The highest BCUT2D eigenvalue weighted by Crippen LogP contribution is 2.23. The van der Waals surface area contributed by atoms with E-state index >= 15 is 0 Å². The van der Waals surface area contributed by atoms with Gasteiger partial charge in [-0.15, -0.1) is 0 Å². The van der Waals surface area contributed by atoms with Crippen molar-refractivity contribution in [1.82, 2.24) is 10.3 Å². The second-order valence-corrected chi connectivity index (χ2v) is 7.30. The second-order valence-electron chi connectivity index (χ2n) is 6.89. The maximum Gasteiger partial charge on any atom is 0.255 e. The topological polar surface area (TPSA) is 80.2 Å². The predicted octanol–water partition coefficient (Wildman–Crippen LogP) is 3.36. The summed E-state index contributed by atoms with van der Waals surface area (Å²) in [6, 6.07) is 12.3. The fraction of sp³-hybridized carbons (Fsp3) is 0.318. The van der Waals surface area contributed by atoms with Crippen LogP contribution in [0.2, 0.25) is 5.02 Å². The predicted molar refractivity (Wildman–Crippen MR) is 115 cm³/mol. The summed E-state index contributed by atoms with van der Waals surface area (Å²) in [6.07, 6.45) is 2.66.